The lowest BCUT2D eigenvalue weighted by molar-refractivity contribution is -0.150. The van der Waals surface area contributed by atoms with E-state index in [9.17, 15) is 9.59 Å². The molecule has 0 aliphatic heterocycles. The zero-order valence-electron chi connectivity index (χ0n) is 12.7. The maximum Gasteiger partial charge on any atom is 0.309 e. The average Bonchev–Trinajstić information content (AvgIpc) is 2.34. The van der Waals surface area contributed by atoms with Gasteiger partial charge in [0.2, 0.25) is 5.91 Å². The summed E-state index contributed by atoms with van der Waals surface area (Å²) in [5.41, 5.74) is 0. The zero-order chi connectivity index (χ0) is 14.8. The van der Waals surface area contributed by atoms with Gasteiger partial charge in [0.1, 0.15) is 6.61 Å². The molecule has 0 spiro atoms. The summed E-state index contributed by atoms with van der Waals surface area (Å²) in [6.07, 6.45) is 1.19. The molecule has 2 atom stereocenters. The molecule has 0 aromatic heterocycles. The molecule has 0 rings (SSSR count). The summed E-state index contributed by atoms with van der Waals surface area (Å²) in [5.74, 6) is -0.686. The lowest BCUT2D eigenvalue weighted by Gasteiger charge is -2.19. The van der Waals surface area contributed by atoms with Crippen LogP contribution >= 0.6 is 0 Å². The van der Waals surface area contributed by atoms with Crippen LogP contribution in [-0.4, -0.2) is 38.2 Å². The standard InChI is InChI=1S/C14H27NO4/c1-6-12(14(17)19-8-7-18-5)9-11(4)13(16)15-10(2)3/h10-12H,6-9H2,1-5H3,(H,15,16). The van der Waals surface area contributed by atoms with E-state index >= 15 is 0 Å². The third-order valence-electron chi connectivity index (χ3n) is 2.87. The van der Waals surface area contributed by atoms with Crippen LogP contribution in [0, 0.1) is 11.8 Å². The van der Waals surface area contributed by atoms with Gasteiger partial charge < -0.3 is 14.8 Å². The minimum absolute atomic E-state index is 0.0156. The summed E-state index contributed by atoms with van der Waals surface area (Å²) in [7, 11) is 1.56. The fourth-order valence-corrected chi connectivity index (χ4v) is 1.73. The van der Waals surface area contributed by atoms with Gasteiger partial charge in [-0.2, -0.15) is 0 Å². The predicted octanol–water partition coefficient (Wildman–Crippen LogP) is 1.75. The fourth-order valence-electron chi connectivity index (χ4n) is 1.73. The minimum atomic E-state index is -0.247. The van der Waals surface area contributed by atoms with Gasteiger partial charge in [0.25, 0.3) is 0 Å². The first-order valence-electron chi connectivity index (χ1n) is 6.88. The van der Waals surface area contributed by atoms with Crippen LogP contribution in [-0.2, 0) is 19.1 Å². The molecule has 0 saturated heterocycles. The zero-order valence-corrected chi connectivity index (χ0v) is 12.7. The highest BCUT2D eigenvalue weighted by atomic mass is 16.6. The van der Waals surface area contributed by atoms with E-state index in [1.807, 2.05) is 27.7 Å². The van der Waals surface area contributed by atoms with Gasteiger partial charge in [0, 0.05) is 19.1 Å². The lowest BCUT2D eigenvalue weighted by Crippen LogP contribution is -2.36. The van der Waals surface area contributed by atoms with Crippen molar-refractivity contribution in [2.75, 3.05) is 20.3 Å². The molecule has 2 unspecified atom stereocenters. The van der Waals surface area contributed by atoms with Crippen molar-refractivity contribution >= 4 is 11.9 Å². The quantitative estimate of drug-likeness (QED) is 0.513. The number of hydrogen-bond donors (Lipinski definition) is 1. The van der Waals surface area contributed by atoms with Gasteiger partial charge in [-0.25, -0.2) is 0 Å². The van der Waals surface area contributed by atoms with Crippen molar-refractivity contribution in [3.8, 4) is 0 Å². The van der Waals surface area contributed by atoms with E-state index in [0.29, 0.717) is 19.4 Å². The molecule has 0 heterocycles. The summed E-state index contributed by atoms with van der Waals surface area (Å²) >= 11 is 0. The monoisotopic (exact) mass is 273 g/mol. The SMILES string of the molecule is CCC(CC(C)C(=O)NC(C)C)C(=O)OCCOC. The number of hydrogen-bond acceptors (Lipinski definition) is 4. The summed E-state index contributed by atoms with van der Waals surface area (Å²) < 4.78 is 9.93. The number of rotatable bonds is 9. The summed E-state index contributed by atoms with van der Waals surface area (Å²) in [6, 6.07) is 0.115. The van der Waals surface area contributed by atoms with Crippen LogP contribution in [0.25, 0.3) is 0 Å². The van der Waals surface area contributed by atoms with Gasteiger partial charge in [-0.3, -0.25) is 9.59 Å². The molecule has 1 N–H and O–H groups in total. The molecule has 0 bridgehead atoms. The molecule has 19 heavy (non-hydrogen) atoms. The molecule has 0 saturated carbocycles. The summed E-state index contributed by atoms with van der Waals surface area (Å²) in [5, 5.41) is 2.85. The van der Waals surface area contributed by atoms with Crippen LogP contribution in [0.15, 0.2) is 0 Å². The van der Waals surface area contributed by atoms with E-state index < -0.39 is 0 Å². The number of nitrogens with one attached hydrogen (secondary N) is 1. The number of methoxy groups -OCH3 is 1. The molecular formula is C14H27NO4. The van der Waals surface area contributed by atoms with E-state index in [2.05, 4.69) is 5.32 Å². The van der Waals surface area contributed by atoms with E-state index in [4.69, 9.17) is 9.47 Å². The molecule has 0 aromatic carbocycles. The highest BCUT2D eigenvalue weighted by Gasteiger charge is 2.24. The Hall–Kier alpha value is -1.10. The molecule has 0 fully saturated rings. The molecule has 5 nitrogen and oxygen atoms in total. The Morgan fingerprint density at radius 3 is 2.26 bits per heavy atom. The first-order chi connectivity index (χ1) is 8.92. The molecule has 0 aliphatic rings. The van der Waals surface area contributed by atoms with Crippen molar-refractivity contribution in [2.45, 2.75) is 46.6 Å². The lowest BCUT2D eigenvalue weighted by atomic mass is 9.93. The van der Waals surface area contributed by atoms with E-state index in [-0.39, 0.29) is 36.4 Å². The minimum Gasteiger partial charge on any atom is -0.463 e. The number of carbonyl (C=O) groups is 2. The Labute approximate surface area is 116 Å². The van der Waals surface area contributed by atoms with Gasteiger partial charge in [0.05, 0.1) is 12.5 Å². The van der Waals surface area contributed by atoms with E-state index in [1.54, 1.807) is 7.11 Å². The number of esters is 1. The molecule has 0 radical (unpaired) electrons. The Bertz CT molecular complexity index is 279. The van der Waals surface area contributed by atoms with Crippen molar-refractivity contribution in [3.63, 3.8) is 0 Å². The largest absolute Gasteiger partial charge is 0.463 e. The number of carbonyl (C=O) groups excluding carboxylic acids is 2. The number of amides is 1. The molecule has 5 heteroatoms. The molecule has 112 valence electrons. The van der Waals surface area contributed by atoms with E-state index in [0.717, 1.165) is 0 Å². The maximum atomic E-state index is 11.8. The topological polar surface area (TPSA) is 64.6 Å². The Morgan fingerprint density at radius 1 is 1.16 bits per heavy atom. The highest BCUT2D eigenvalue weighted by molar-refractivity contribution is 5.80. The second-order valence-corrected chi connectivity index (χ2v) is 5.07. The van der Waals surface area contributed by atoms with Crippen molar-refractivity contribution < 1.29 is 19.1 Å². The van der Waals surface area contributed by atoms with Gasteiger partial charge in [-0.05, 0) is 26.7 Å². The van der Waals surface area contributed by atoms with Crippen LogP contribution in [0.1, 0.15) is 40.5 Å². The molecule has 0 aromatic rings. The van der Waals surface area contributed by atoms with Crippen LogP contribution < -0.4 is 5.32 Å². The first kappa shape index (κ1) is 17.9. The number of ether oxygens (including phenoxy) is 2. The van der Waals surface area contributed by atoms with Crippen molar-refractivity contribution in [2.24, 2.45) is 11.8 Å². The highest BCUT2D eigenvalue weighted by Crippen LogP contribution is 2.17. The second-order valence-electron chi connectivity index (χ2n) is 5.07. The second kappa shape index (κ2) is 9.78. The maximum absolute atomic E-state index is 11.8. The van der Waals surface area contributed by atoms with Gasteiger partial charge in [-0.15, -0.1) is 0 Å². The fraction of sp³-hybridized carbons (Fsp3) is 0.857. The molecule has 1 amide bonds. The summed E-state index contributed by atoms with van der Waals surface area (Å²) in [4.78, 5) is 23.6. The predicted molar refractivity (Wildman–Crippen MR) is 73.7 cm³/mol. The Balaban J connectivity index is 4.22. The van der Waals surface area contributed by atoms with Crippen LogP contribution in [0.5, 0.6) is 0 Å². The Kier molecular flexibility index (Phi) is 9.21. The molecule has 0 aliphatic carbocycles. The summed E-state index contributed by atoms with van der Waals surface area (Å²) in [6.45, 7) is 8.25. The molecular weight excluding hydrogens is 246 g/mol. The Morgan fingerprint density at radius 2 is 1.79 bits per heavy atom. The average molecular weight is 273 g/mol. The van der Waals surface area contributed by atoms with Gasteiger partial charge in [0.15, 0.2) is 0 Å². The third kappa shape index (κ3) is 7.82. The van der Waals surface area contributed by atoms with Crippen molar-refractivity contribution in [1.82, 2.24) is 5.32 Å². The van der Waals surface area contributed by atoms with Crippen molar-refractivity contribution in [1.29, 1.82) is 0 Å². The smallest absolute Gasteiger partial charge is 0.309 e. The normalized spacial score (nSPS) is 14.0. The van der Waals surface area contributed by atoms with Crippen molar-refractivity contribution in [3.05, 3.63) is 0 Å². The first-order valence-corrected chi connectivity index (χ1v) is 6.88. The van der Waals surface area contributed by atoms with E-state index in [1.165, 1.54) is 0 Å². The van der Waals surface area contributed by atoms with Crippen LogP contribution in [0.4, 0.5) is 0 Å². The van der Waals surface area contributed by atoms with Gasteiger partial charge in [-0.1, -0.05) is 13.8 Å². The third-order valence-corrected chi connectivity index (χ3v) is 2.87. The van der Waals surface area contributed by atoms with Crippen LogP contribution in [0.2, 0.25) is 0 Å². The van der Waals surface area contributed by atoms with Gasteiger partial charge >= 0.3 is 5.97 Å². The van der Waals surface area contributed by atoms with Crippen LogP contribution in [0.3, 0.4) is 0 Å².